The number of nitrogens with zero attached hydrogens (tertiary/aromatic N) is 2. The largest absolute Gasteiger partial charge is 0.324 e. The zero-order chi connectivity index (χ0) is 21.6. The maximum Gasteiger partial charge on any atom is 0.255 e. The number of hydrogen-bond donors (Lipinski definition) is 2. The molecule has 154 valence electrons. The Hall–Kier alpha value is -3.99. The van der Waals surface area contributed by atoms with Crippen molar-refractivity contribution in [2.24, 2.45) is 0 Å². The second-order valence-corrected chi connectivity index (χ2v) is 7.38. The van der Waals surface area contributed by atoms with Gasteiger partial charge in [-0.3, -0.25) is 4.79 Å². The summed E-state index contributed by atoms with van der Waals surface area (Å²) in [5, 5.41) is 6.10. The van der Waals surface area contributed by atoms with Gasteiger partial charge in [-0.2, -0.15) is 0 Å². The van der Waals surface area contributed by atoms with Crippen molar-refractivity contribution in [2.45, 2.75) is 20.3 Å². The van der Waals surface area contributed by atoms with Crippen LogP contribution in [0, 0.1) is 6.92 Å². The van der Waals surface area contributed by atoms with Crippen LogP contribution in [0.25, 0.3) is 11.1 Å². The van der Waals surface area contributed by atoms with Crippen molar-refractivity contribution in [3.63, 3.8) is 0 Å². The fourth-order valence-corrected chi connectivity index (χ4v) is 3.26. The Morgan fingerprint density at radius 2 is 1.58 bits per heavy atom. The molecule has 1 heterocycles. The summed E-state index contributed by atoms with van der Waals surface area (Å²) < 4.78 is 0. The smallest absolute Gasteiger partial charge is 0.255 e. The molecule has 0 atom stereocenters. The molecule has 1 aromatic heterocycles. The maximum absolute atomic E-state index is 12.6. The predicted octanol–water partition coefficient (Wildman–Crippen LogP) is 6.01. The van der Waals surface area contributed by atoms with Gasteiger partial charge in [-0.1, -0.05) is 55.0 Å². The second kappa shape index (κ2) is 9.22. The molecule has 2 N–H and O–H groups in total. The molecule has 0 radical (unpaired) electrons. The Morgan fingerprint density at radius 1 is 0.839 bits per heavy atom. The molecule has 0 aliphatic heterocycles. The Labute approximate surface area is 182 Å². The number of amides is 1. The first-order chi connectivity index (χ1) is 15.1. The number of aromatic nitrogens is 2. The topological polar surface area (TPSA) is 66.9 Å². The monoisotopic (exact) mass is 408 g/mol. The standard InChI is InChI=1S/C26H24N4O/c1-3-19-10-12-23(13-11-19)29-25(31)21-8-5-9-24(15-21)30-26-27-16-22(17-28-26)20-7-4-6-18(2)14-20/h4-17H,3H2,1-2H3,(H,29,31)(H,27,28,30). The number of rotatable bonds is 6. The van der Waals surface area contributed by atoms with Crippen LogP contribution in [0.3, 0.4) is 0 Å². The lowest BCUT2D eigenvalue weighted by Gasteiger charge is -2.09. The number of anilines is 3. The Kier molecular flexibility index (Phi) is 6.03. The first kappa shape index (κ1) is 20.3. The average Bonchev–Trinajstić information content (AvgIpc) is 2.80. The molecule has 1 amide bonds. The summed E-state index contributed by atoms with van der Waals surface area (Å²) in [6.45, 7) is 4.16. The summed E-state index contributed by atoms with van der Waals surface area (Å²) in [4.78, 5) is 21.5. The van der Waals surface area contributed by atoms with E-state index in [1.807, 2.05) is 48.5 Å². The molecule has 0 spiro atoms. The summed E-state index contributed by atoms with van der Waals surface area (Å²) in [5.41, 5.74) is 6.54. The lowest BCUT2D eigenvalue weighted by molar-refractivity contribution is 0.102. The number of benzene rings is 3. The third kappa shape index (κ3) is 5.14. The van der Waals surface area contributed by atoms with E-state index in [4.69, 9.17) is 0 Å². The molecule has 0 saturated heterocycles. The normalized spacial score (nSPS) is 10.5. The molecule has 4 aromatic rings. The molecular weight excluding hydrogens is 384 g/mol. The summed E-state index contributed by atoms with van der Waals surface area (Å²) in [6.07, 6.45) is 4.55. The fourth-order valence-electron chi connectivity index (χ4n) is 3.26. The first-order valence-electron chi connectivity index (χ1n) is 10.3. The number of carbonyl (C=O) groups is 1. The van der Waals surface area contributed by atoms with Gasteiger partial charge in [0, 0.05) is 34.9 Å². The highest BCUT2D eigenvalue weighted by Crippen LogP contribution is 2.21. The molecule has 3 aromatic carbocycles. The lowest BCUT2D eigenvalue weighted by atomic mass is 10.1. The van der Waals surface area contributed by atoms with Crippen molar-refractivity contribution < 1.29 is 4.79 Å². The number of hydrogen-bond acceptors (Lipinski definition) is 4. The molecular formula is C26H24N4O. The van der Waals surface area contributed by atoms with Gasteiger partial charge in [-0.15, -0.1) is 0 Å². The maximum atomic E-state index is 12.6. The SMILES string of the molecule is CCc1ccc(NC(=O)c2cccc(Nc3ncc(-c4cccc(C)c4)cn3)c2)cc1. The van der Waals surface area contributed by atoms with Crippen molar-refractivity contribution in [3.05, 3.63) is 102 Å². The quantitative estimate of drug-likeness (QED) is 0.410. The van der Waals surface area contributed by atoms with E-state index in [0.29, 0.717) is 11.5 Å². The Bertz CT molecular complexity index is 1180. The number of carbonyl (C=O) groups excluding carboxylic acids is 1. The third-order valence-electron chi connectivity index (χ3n) is 5.00. The summed E-state index contributed by atoms with van der Waals surface area (Å²) in [6, 6.07) is 23.4. The first-order valence-corrected chi connectivity index (χ1v) is 10.3. The lowest BCUT2D eigenvalue weighted by Crippen LogP contribution is -2.12. The van der Waals surface area contributed by atoms with Crippen molar-refractivity contribution in [1.29, 1.82) is 0 Å². The van der Waals surface area contributed by atoms with Crippen molar-refractivity contribution in [2.75, 3.05) is 10.6 Å². The highest BCUT2D eigenvalue weighted by Gasteiger charge is 2.08. The fraction of sp³-hybridized carbons (Fsp3) is 0.115. The predicted molar refractivity (Wildman–Crippen MR) is 126 cm³/mol. The van der Waals surface area contributed by atoms with Crippen LogP contribution in [0.5, 0.6) is 0 Å². The van der Waals surface area contributed by atoms with Gasteiger partial charge in [0.1, 0.15) is 0 Å². The molecule has 5 heteroatoms. The number of nitrogens with one attached hydrogen (secondary N) is 2. The highest BCUT2D eigenvalue weighted by molar-refractivity contribution is 6.04. The van der Waals surface area contributed by atoms with Gasteiger partial charge in [0.2, 0.25) is 5.95 Å². The summed E-state index contributed by atoms with van der Waals surface area (Å²) >= 11 is 0. The molecule has 4 rings (SSSR count). The minimum absolute atomic E-state index is 0.163. The zero-order valence-electron chi connectivity index (χ0n) is 17.6. The van der Waals surface area contributed by atoms with Gasteiger partial charge in [-0.05, 0) is 54.8 Å². The van der Waals surface area contributed by atoms with Crippen molar-refractivity contribution in [3.8, 4) is 11.1 Å². The van der Waals surface area contributed by atoms with Gasteiger partial charge in [-0.25, -0.2) is 9.97 Å². The van der Waals surface area contributed by atoms with E-state index in [0.717, 1.165) is 28.9 Å². The third-order valence-corrected chi connectivity index (χ3v) is 5.00. The molecule has 5 nitrogen and oxygen atoms in total. The van der Waals surface area contributed by atoms with E-state index >= 15 is 0 Å². The van der Waals surface area contributed by atoms with Crippen molar-refractivity contribution >= 4 is 23.2 Å². The van der Waals surface area contributed by atoms with Crippen molar-refractivity contribution in [1.82, 2.24) is 9.97 Å². The van der Waals surface area contributed by atoms with Crippen LogP contribution in [0.15, 0.2) is 85.2 Å². The molecule has 0 aliphatic rings. The summed E-state index contributed by atoms with van der Waals surface area (Å²) in [5.74, 6) is 0.313. The molecule has 0 aliphatic carbocycles. The molecule has 31 heavy (non-hydrogen) atoms. The number of aryl methyl sites for hydroxylation is 2. The minimum atomic E-state index is -0.163. The van der Waals surface area contributed by atoms with Gasteiger partial charge < -0.3 is 10.6 Å². The molecule has 0 bridgehead atoms. The van der Waals surface area contributed by atoms with Gasteiger partial charge in [0.15, 0.2) is 0 Å². The zero-order valence-corrected chi connectivity index (χ0v) is 17.6. The van der Waals surface area contributed by atoms with Gasteiger partial charge >= 0.3 is 0 Å². The van der Waals surface area contributed by atoms with Crippen LogP contribution >= 0.6 is 0 Å². The Morgan fingerprint density at radius 3 is 2.29 bits per heavy atom. The molecule has 0 saturated carbocycles. The molecule has 0 unspecified atom stereocenters. The van der Waals surface area contributed by atoms with Crippen LogP contribution in [-0.4, -0.2) is 15.9 Å². The van der Waals surface area contributed by atoms with Crippen LogP contribution in [0.1, 0.15) is 28.4 Å². The van der Waals surface area contributed by atoms with Crippen LogP contribution in [0.4, 0.5) is 17.3 Å². The molecule has 0 fully saturated rings. The van der Waals surface area contributed by atoms with E-state index in [2.05, 4.69) is 46.6 Å². The summed E-state index contributed by atoms with van der Waals surface area (Å²) in [7, 11) is 0. The van der Waals surface area contributed by atoms with E-state index < -0.39 is 0 Å². The van der Waals surface area contributed by atoms with E-state index in [9.17, 15) is 4.79 Å². The van der Waals surface area contributed by atoms with E-state index in [1.54, 1.807) is 24.5 Å². The minimum Gasteiger partial charge on any atom is -0.324 e. The highest BCUT2D eigenvalue weighted by atomic mass is 16.1. The van der Waals surface area contributed by atoms with Gasteiger partial charge in [0.25, 0.3) is 5.91 Å². The van der Waals surface area contributed by atoms with Crippen LogP contribution < -0.4 is 10.6 Å². The van der Waals surface area contributed by atoms with Gasteiger partial charge in [0.05, 0.1) is 0 Å². The van der Waals surface area contributed by atoms with Crippen LogP contribution in [0.2, 0.25) is 0 Å². The average molecular weight is 409 g/mol. The second-order valence-electron chi connectivity index (χ2n) is 7.38. The van der Waals surface area contributed by atoms with Crippen LogP contribution in [-0.2, 0) is 6.42 Å². The Balaban J connectivity index is 1.44. The van der Waals surface area contributed by atoms with E-state index in [1.165, 1.54) is 11.1 Å². The van der Waals surface area contributed by atoms with E-state index in [-0.39, 0.29) is 5.91 Å².